The third kappa shape index (κ3) is 6.58. The maximum Gasteiger partial charge on any atom is 0.353 e. The highest BCUT2D eigenvalue weighted by Gasteiger charge is 2.58. The predicted octanol–water partition coefficient (Wildman–Crippen LogP) is 1.61. The summed E-state index contributed by atoms with van der Waals surface area (Å²) in [5, 5.41) is 24.1. The van der Waals surface area contributed by atoms with E-state index in [-0.39, 0.29) is 34.7 Å². The van der Waals surface area contributed by atoms with Crippen LogP contribution in [-0.4, -0.2) is 99.7 Å². The standard InChI is InChI=1S/C24H30N8O7S4/c1-22(2,3)38-19(37)24(6-4-5-7-24)39-30-12(14-28-20(25)43-31-14)15(33)27-13-16(34)32-8-23(18(35)36,9-40-17(13)32)10-41-21-29-26-11-42-21/h11,13,17H,4-10H2,1-3H3,(H,27,33)(H,35,36)(H2,25,28,31)/t13?,17-,23?/m1/s1. The third-order valence-electron chi connectivity index (χ3n) is 7.06. The number of hydrogen-bond acceptors (Lipinski definition) is 16. The summed E-state index contributed by atoms with van der Waals surface area (Å²) < 4.78 is 10.3. The first-order valence-corrected chi connectivity index (χ1v) is 17.0. The van der Waals surface area contributed by atoms with E-state index in [0.29, 0.717) is 30.0 Å². The van der Waals surface area contributed by atoms with E-state index in [1.165, 1.54) is 39.8 Å². The summed E-state index contributed by atoms with van der Waals surface area (Å²) in [5.41, 5.74) is 3.65. The van der Waals surface area contributed by atoms with E-state index in [1.807, 2.05) is 0 Å². The molecule has 2 aliphatic heterocycles. The predicted molar refractivity (Wildman–Crippen MR) is 160 cm³/mol. The van der Waals surface area contributed by atoms with Crippen molar-refractivity contribution in [3.8, 4) is 0 Å². The molecule has 5 rings (SSSR count). The number of oxime groups is 1. The number of β-lactam (4-membered cyclic amide) rings is 1. The van der Waals surface area contributed by atoms with Crippen molar-refractivity contribution < 1.29 is 33.9 Å². The molecule has 4 heterocycles. The van der Waals surface area contributed by atoms with Crippen LogP contribution in [0.15, 0.2) is 15.0 Å². The summed E-state index contributed by atoms with van der Waals surface area (Å²) in [7, 11) is 0. The Bertz CT molecular complexity index is 1420. The molecule has 0 aromatic carbocycles. The van der Waals surface area contributed by atoms with Crippen LogP contribution in [0.5, 0.6) is 0 Å². The molecule has 15 nitrogen and oxygen atoms in total. The molecule has 1 saturated carbocycles. The van der Waals surface area contributed by atoms with Gasteiger partial charge in [-0.15, -0.1) is 22.0 Å². The number of carboxylic acid groups (broad SMARTS) is 1. The minimum atomic E-state index is -1.38. The number of amides is 2. The average molecular weight is 671 g/mol. The van der Waals surface area contributed by atoms with Gasteiger partial charge in [-0.3, -0.25) is 14.4 Å². The van der Waals surface area contributed by atoms with Crippen LogP contribution in [0.1, 0.15) is 52.3 Å². The number of carboxylic acids is 1. The molecule has 1 aliphatic carbocycles. The Kier molecular flexibility index (Phi) is 8.88. The number of rotatable bonds is 10. The number of nitrogens with zero attached hydrogens (tertiary/aromatic N) is 6. The van der Waals surface area contributed by atoms with Crippen molar-refractivity contribution in [2.75, 3.05) is 23.8 Å². The number of esters is 1. The number of carbonyl (C=O) groups excluding carboxylic acids is 3. The molecule has 2 aromatic heterocycles. The van der Waals surface area contributed by atoms with Crippen LogP contribution in [-0.2, 0) is 28.8 Å². The molecule has 4 N–H and O–H groups in total. The Hall–Kier alpha value is -3.03. The van der Waals surface area contributed by atoms with Gasteiger partial charge in [0.2, 0.25) is 23.0 Å². The van der Waals surface area contributed by atoms with Gasteiger partial charge in [0.1, 0.15) is 27.9 Å². The zero-order valence-corrected chi connectivity index (χ0v) is 26.7. The van der Waals surface area contributed by atoms with Crippen molar-refractivity contribution in [3.05, 3.63) is 11.3 Å². The van der Waals surface area contributed by atoms with Gasteiger partial charge in [0.25, 0.3) is 5.91 Å². The molecular formula is C24H30N8O7S4. The molecule has 232 valence electrons. The summed E-state index contributed by atoms with van der Waals surface area (Å²) in [4.78, 5) is 63.4. The molecule has 3 atom stereocenters. The number of nitrogens with two attached hydrogens (primary N) is 1. The van der Waals surface area contributed by atoms with Crippen molar-refractivity contribution in [2.45, 2.75) is 73.4 Å². The zero-order valence-electron chi connectivity index (χ0n) is 23.5. The number of carbonyl (C=O) groups is 4. The van der Waals surface area contributed by atoms with Crippen molar-refractivity contribution in [2.24, 2.45) is 10.6 Å². The normalized spacial score (nSPS) is 25.0. The minimum Gasteiger partial charge on any atom is -0.481 e. The molecule has 2 saturated heterocycles. The highest BCUT2D eigenvalue weighted by molar-refractivity contribution is 8.01. The average Bonchev–Trinajstić information content (AvgIpc) is 3.73. The highest BCUT2D eigenvalue weighted by atomic mass is 32.2. The van der Waals surface area contributed by atoms with Crippen LogP contribution in [0.25, 0.3) is 0 Å². The van der Waals surface area contributed by atoms with Gasteiger partial charge >= 0.3 is 11.9 Å². The van der Waals surface area contributed by atoms with Crippen molar-refractivity contribution in [1.82, 2.24) is 29.8 Å². The van der Waals surface area contributed by atoms with Gasteiger partial charge in [0.15, 0.2) is 9.47 Å². The van der Waals surface area contributed by atoms with Gasteiger partial charge in [-0.05, 0) is 33.6 Å². The number of aromatic nitrogens is 4. The lowest BCUT2D eigenvalue weighted by atomic mass is 9.89. The molecule has 3 aliphatic rings. The fourth-order valence-corrected chi connectivity index (χ4v) is 8.62. The number of anilines is 1. The van der Waals surface area contributed by atoms with Crippen LogP contribution >= 0.6 is 46.4 Å². The summed E-state index contributed by atoms with van der Waals surface area (Å²) >= 11 is 4.72. The fourth-order valence-electron chi connectivity index (χ4n) is 4.84. The molecule has 0 radical (unpaired) electrons. The van der Waals surface area contributed by atoms with Crippen molar-refractivity contribution in [1.29, 1.82) is 0 Å². The Morgan fingerprint density at radius 1 is 1.30 bits per heavy atom. The van der Waals surface area contributed by atoms with Crippen LogP contribution in [0.2, 0.25) is 0 Å². The first kappa shape index (κ1) is 31.4. The Labute approximate surface area is 262 Å². The fraction of sp³-hybridized carbons (Fsp3) is 0.625. The lowest BCUT2D eigenvalue weighted by Gasteiger charge is -2.53. The molecule has 0 bridgehead atoms. The van der Waals surface area contributed by atoms with Gasteiger partial charge in [0.05, 0.1) is 0 Å². The molecule has 2 amide bonds. The second-order valence-corrected chi connectivity index (χ2v) is 15.3. The molecular weight excluding hydrogens is 641 g/mol. The quantitative estimate of drug-likeness (QED) is 0.108. The van der Waals surface area contributed by atoms with Gasteiger partial charge < -0.3 is 30.6 Å². The summed E-state index contributed by atoms with van der Waals surface area (Å²) in [5.74, 6) is -2.50. The third-order valence-corrected chi connectivity index (χ3v) is 11.3. The number of thioether (sulfide) groups is 2. The van der Waals surface area contributed by atoms with E-state index >= 15 is 0 Å². The van der Waals surface area contributed by atoms with Crippen LogP contribution < -0.4 is 11.1 Å². The van der Waals surface area contributed by atoms with Gasteiger partial charge in [-0.1, -0.05) is 28.3 Å². The summed E-state index contributed by atoms with van der Waals surface area (Å²) in [6.45, 7) is 5.23. The number of ether oxygens (including phenoxy) is 1. The number of fused-ring (bicyclic) bond motifs is 1. The largest absolute Gasteiger partial charge is 0.481 e. The lowest BCUT2D eigenvalue weighted by molar-refractivity contribution is -0.183. The SMILES string of the molecule is CC(C)(C)OC(=O)C1(ON=C(C(=O)NC2C(=O)N3CC(CSc4nncs4)(C(=O)O)CS[C@H]23)c2nsc(N)n2)CCCC1. The lowest BCUT2D eigenvalue weighted by Crippen LogP contribution is -2.74. The summed E-state index contributed by atoms with van der Waals surface area (Å²) in [6.07, 6.45) is 2.12. The second kappa shape index (κ2) is 12.2. The Morgan fingerprint density at radius 2 is 2.05 bits per heavy atom. The van der Waals surface area contributed by atoms with E-state index < -0.39 is 51.8 Å². The van der Waals surface area contributed by atoms with Gasteiger partial charge in [-0.25, -0.2) is 4.79 Å². The van der Waals surface area contributed by atoms with Crippen molar-refractivity contribution >= 4 is 81.0 Å². The molecule has 19 heteroatoms. The van der Waals surface area contributed by atoms with Crippen molar-refractivity contribution in [3.63, 3.8) is 0 Å². The maximum absolute atomic E-state index is 13.5. The topological polar surface area (TPSA) is 212 Å². The minimum absolute atomic E-state index is 0.0103. The molecule has 2 aromatic rings. The number of aliphatic carboxylic acids is 1. The van der Waals surface area contributed by atoms with E-state index in [0.717, 1.165) is 11.5 Å². The van der Waals surface area contributed by atoms with Crippen LogP contribution in [0.3, 0.4) is 0 Å². The van der Waals surface area contributed by atoms with E-state index in [2.05, 4.69) is 30.0 Å². The first-order valence-electron chi connectivity index (χ1n) is 13.3. The maximum atomic E-state index is 13.5. The summed E-state index contributed by atoms with van der Waals surface area (Å²) in [6, 6.07) is -0.937. The first-order chi connectivity index (χ1) is 20.3. The number of nitrogen functional groups attached to an aromatic ring is 1. The zero-order chi connectivity index (χ0) is 31.0. The Balaban J connectivity index is 1.30. The number of hydrogen-bond donors (Lipinski definition) is 3. The van der Waals surface area contributed by atoms with Crippen LogP contribution in [0, 0.1) is 5.41 Å². The van der Waals surface area contributed by atoms with E-state index in [4.69, 9.17) is 15.3 Å². The number of nitrogens with one attached hydrogen (secondary N) is 1. The smallest absolute Gasteiger partial charge is 0.353 e. The molecule has 2 unspecified atom stereocenters. The monoisotopic (exact) mass is 670 g/mol. The Morgan fingerprint density at radius 3 is 2.65 bits per heavy atom. The van der Waals surface area contributed by atoms with Crippen LogP contribution in [0.4, 0.5) is 5.13 Å². The molecule has 0 spiro atoms. The second-order valence-electron chi connectivity index (χ2n) is 11.4. The molecule has 43 heavy (non-hydrogen) atoms. The van der Waals surface area contributed by atoms with Gasteiger partial charge in [-0.2, -0.15) is 9.36 Å². The van der Waals surface area contributed by atoms with Gasteiger partial charge in [0, 0.05) is 42.4 Å². The van der Waals surface area contributed by atoms with E-state index in [9.17, 15) is 24.3 Å². The van der Waals surface area contributed by atoms with E-state index in [1.54, 1.807) is 26.3 Å². The highest BCUT2D eigenvalue weighted by Crippen LogP contribution is 2.44. The molecule has 3 fully saturated rings.